The van der Waals surface area contributed by atoms with Gasteiger partial charge in [-0.1, -0.05) is 25.1 Å². The molecule has 1 aromatic heterocycles. The molecule has 0 amide bonds. The molecule has 0 aliphatic heterocycles. The summed E-state index contributed by atoms with van der Waals surface area (Å²) in [7, 11) is 3.80. The second-order valence-electron chi connectivity index (χ2n) is 4.95. The molecule has 4 nitrogen and oxygen atoms in total. The maximum absolute atomic E-state index is 5.43. The summed E-state index contributed by atoms with van der Waals surface area (Å²) in [5, 5.41) is 3.35. The van der Waals surface area contributed by atoms with Crippen molar-refractivity contribution in [2.45, 2.75) is 20.0 Å². The average Bonchev–Trinajstić information content (AvgIpc) is 2.53. The van der Waals surface area contributed by atoms with Crippen molar-refractivity contribution in [3.05, 3.63) is 53.9 Å². The molecule has 1 aromatic carbocycles. The van der Waals surface area contributed by atoms with Gasteiger partial charge in [0.2, 0.25) is 0 Å². The molecule has 0 saturated heterocycles. The number of benzene rings is 1. The van der Waals surface area contributed by atoms with Gasteiger partial charge in [0.05, 0.1) is 7.11 Å². The zero-order valence-corrected chi connectivity index (χ0v) is 13.0. The molecule has 2 rings (SSSR count). The minimum atomic E-state index is 0.799. The van der Waals surface area contributed by atoms with Crippen LogP contribution in [0.25, 0.3) is 0 Å². The second kappa shape index (κ2) is 7.64. The van der Waals surface area contributed by atoms with Crippen molar-refractivity contribution in [3.8, 4) is 5.75 Å². The molecule has 4 heteroatoms. The Hall–Kier alpha value is -2.07. The number of pyridine rings is 1. The maximum Gasteiger partial charge on any atom is 0.123 e. The topological polar surface area (TPSA) is 37.4 Å². The largest absolute Gasteiger partial charge is 0.496 e. The smallest absolute Gasteiger partial charge is 0.123 e. The predicted octanol–water partition coefficient (Wildman–Crippen LogP) is 2.84. The minimum Gasteiger partial charge on any atom is -0.496 e. The van der Waals surface area contributed by atoms with E-state index < -0.39 is 0 Å². The van der Waals surface area contributed by atoms with Crippen molar-refractivity contribution in [3.63, 3.8) is 0 Å². The summed E-state index contributed by atoms with van der Waals surface area (Å²) in [6, 6.07) is 10.2. The van der Waals surface area contributed by atoms with Crippen LogP contribution >= 0.6 is 0 Å². The molecule has 2 aromatic rings. The fourth-order valence-electron chi connectivity index (χ4n) is 2.36. The monoisotopic (exact) mass is 285 g/mol. The van der Waals surface area contributed by atoms with E-state index in [4.69, 9.17) is 4.74 Å². The van der Waals surface area contributed by atoms with Gasteiger partial charge in [-0.05, 0) is 18.7 Å². The van der Waals surface area contributed by atoms with Crippen LogP contribution < -0.4 is 15.0 Å². The van der Waals surface area contributed by atoms with Gasteiger partial charge in [0.15, 0.2) is 0 Å². The molecule has 0 fully saturated rings. The molecule has 0 unspecified atom stereocenters. The van der Waals surface area contributed by atoms with Gasteiger partial charge in [0.1, 0.15) is 5.75 Å². The number of nitrogens with zero attached hydrogens (tertiary/aromatic N) is 2. The molecule has 0 saturated carbocycles. The van der Waals surface area contributed by atoms with E-state index in [0.29, 0.717) is 0 Å². The Balaban J connectivity index is 2.18. The third-order valence-electron chi connectivity index (χ3n) is 3.45. The Morgan fingerprint density at radius 3 is 2.76 bits per heavy atom. The number of aromatic nitrogens is 1. The van der Waals surface area contributed by atoms with E-state index in [-0.39, 0.29) is 0 Å². The molecule has 0 radical (unpaired) electrons. The molecular formula is C17H23N3O. The van der Waals surface area contributed by atoms with E-state index in [1.807, 2.05) is 30.6 Å². The molecule has 1 N–H and O–H groups in total. The van der Waals surface area contributed by atoms with E-state index in [1.54, 1.807) is 7.11 Å². The van der Waals surface area contributed by atoms with Crippen molar-refractivity contribution >= 4 is 5.69 Å². The number of hydrogen-bond donors (Lipinski definition) is 1. The van der Waals surface area contributed by atoms with Gasteiger partial charge in [-0.2, -0.15) is 0 Å². The van der Waals surface area contributed by atoms with Gasteiger partial charge in [-0.3, -0.25) is 4.98 Å². The van der Waals surface area contributed by atoms with Crippen LogP contribution in [0, 0.1) is 0 Å². The molecule has 0 bridgehead atoms. The number of ether oxygens (including phenoxy) is 1. The first-order chi connectivity index (χ1) is 10.3. The van der Waals surface area contributed by atoms with E-state index >= 15 is 0 Å². The fraction of sp³-hybridized carbons (Fsp3) is 0.353. The molecular weight excluding hydrogens is 262 g/mol. The van der Waals surface area contributed by atoms with E-state index in [9.17, 15) is 0 Å². The van der Waals surface area contributed by atoms with Crippen LogP contribution in [0.2, 0.25) is 0 Å². The van der Waals surface area contributed by atoms with Gasteiger partial charge in [0.25, 0.3) is 0 Å². The van der Waals surface area contributed by atoms with Crippen molar-refractivity contribution in [1.29, 1.82) is 0 Å². The van der Waals surface area contributed by atoms with Crippen LogP contribution in [-0.2, 0) is 13.1 Å². The SMILES string of the molecule is CCNCc1cnccc1N(C)Cc1ccccc1OC. The Morgan fingerprint density at radius 2 is 2.00 bits per heavy atom. The second-order valence-corrected chi connectivity index (χ2v) is 4.95. The van der Waals surface area contributed by atoms with Crippen LogP contribution in [0.15, 0.2) is 42.7 Å². The Labute approximate surface area is 126 Å². The van der Waals surface area contributed by atoms with Crippen LogP contribution in [-0.4, -0.2) is 25.7 Å². The molecule has 112 valence electrons. The zero-order chi connectivity index (χ0) is 15.1. The van der Waals surface area contributed by atoms with Crippen molar-refractivity contribution < 1.29 is 4.74 Å². The Bertz CT molecular complexity index is 571. The molecule has 0 aliphatic carbocycles. The lowest BCUT2D eigenvalue weighted by Crippen LogP contribution is -2.21. The molecule has 0 aliphatic rings. The first kappa shape index (κ1) is 15.3. The molecule has 21 heavy (non-hydrogen) atoms. The van der Waals surface area contributed by atoms with Gasteiger partial charge in [-0.25, -0.2) is 0 Å². The van der Waals surface area contributed by atoms with Crippen LogP contribution in [0.4, 0.5) is 5.69 Å². The Kier molecular flexibility index (Phi) is 5.58. The third kappa shape index (κ3) is 3.95. The highest BCUT2D eigenvalue weighted by Gasteiger charge is 2.10. The summed E-state index contributed by atoms with van der Waals surface area (Å²) in [6.07, 6.45) is 3.76. The van der Waals surface area contributed by atoms with Gasteiger partial charge < -0.3 is 15.0 Å². The zero-order valence-electron chi connectivity index (χ0n) is 13.0. The normalized spacial score (nSPS) is 10.4. The number of anilines is 1. The van der Waals surface area contributed by atoms with Crippen LogP contribution in [0.3, 0.4) is 0 Å². The first-order valence-corrected chi connectivity index (χ1v) is 7.23. The summed E-state index contributed by atoms with van der Waals surface area (Å²) in [5.41, 5.74) is 3.57. The summed E-state index contributed by atoms with van der Waals surface area (Å²) < 4.78 is 5.43. The van der Waals surface area contributed by atoms with Crippen LogP contribution in [0.1, 0.15) is 18.1 Å². The molecule has 0 atom stereocenters. The number of para-hydroxylation sites is 1. The highest BCUT2D eigenvalue weighted by molar-refractivity contribution is 5.52. The van der Waals surface area contributed by atoms with Gasteiger partial charge >= 0.3 is 0 Å². The number of hydrogen-bond acceptors (Lipinski definition) is 4. The van der Waals surface area contributed by atoms with Crippen molar-refractivity contribution in [2.24, 2.45) is 0 Å². The molecule has 0 spiro atoms. The van der Waals surface area contributed by atoms with E-state index in [2.05, 4.69) is 41.3 Å². The lowest BCUT2D eigenvalue weighted by molar-refractivity contribution is 0.409. The fourth-order valence-corrected chi connectivity index (χ4v) is 2.36. The van der Waals surface area contributed by atoms with Gasteiger partial charge in [0, 0.05) is 49.3 Å². The van der Waals surface area contributed by atoms with E-state index in [1.165, 1.54) is 16.8 Å². The number of nitrogens with one attached hydrogen (secondary N) is 1. The maximum atomic E-state index is 5.43. The summed E-state index contributed by atoms with van der Waals surface area (Å²) >= 11 is 0. The predicted molar refractivity (Wildman–Crippen MR) is 86.7 cm³/mol. The van der Waals surface area contributed by atoms with Crippen molar-refractivity contribution in [1.82, 2.24) is 10.3 Å². The summed E-state index contributed by atoms with van der Waals surface area (Å²) in [5.74, 6) is 0.923. The molecule has 1 heterocycles. The number of rotatable bonds is 7. The van der Waals surface area contributed by atoms with Gasteiger partial charge in [-0.15, -0.1) is 0 Å². The first-order valence-electron chi connectivity index (χ1n) is 7.23. The standard InChI is InChI=1S/C17H23N3O/c1-4-18-11-15-12-19-10-9-16(15)20(2)13-14-7-5-6-8-17(14)21-3/h5-10,12,18H,4,11,13H2,1-3H3. The highest BCUT2D eigenvalue weighted by Crippen LogP contribution is 2.24. The summed E-state index contributed by atoms with van der Waals surface area (Å²) in [6.45, 7) is 4.68. The minimum absolute atomic E-state index is 0.799. The summed E-state index contributed by atoms with van der Waals surface area (Å²) in [4.78, 5) is 6.46. The third-order valence-corrected chi connectivity index (χ3v) is 3.45. The number of methoxy groups -OCH3 is 1. The van der Waals surface area contributed by atoms with E-state index in [0.717, 1.165) is 25.4 Å². The quantitative estimate of drug-likeness (QED) is 0.849. The van der Waals surface area contributed by atoms with Crippen LogP contribution in [0.5, 0.6) is 5.75 Å². The van der Waals surface area contributed by atoms with Crippen molar-refractivity contribution in [2.75, 3.05) is 25.6 Å². The lowest BCUT2D eigenvalue weighted by atomic mass is 10.1. The average molecular weight is 285 g/mol. The Morgan fingerprint density at radius 1 is 1.19 bits per heavy atom. The highest BCUT2D eigenvalue weighted by atomic mass is 16.5. The lowest BCUT2D eigenvalue weighted by Gasteiger charge is -2.23.